The number of hydrogen-bond acceptors (Lipinski definition) is 3. The van der Waals surface area contributed by atoms with Crippen molar-refractivity contribution in [2.75, 3.05) is 7.11 Å². The van der Waals surface area contributed by atoms with Gasteiger partial charge in [0.25, 0.3) is 0 Å². The zero-order valence-electron chi connectivity index (χ0n) is 11.0. The average molecular weight is 246 g/mol. The van der Waals surface area contributed by atoms with E-state index in [0.717, 1.165) is 11.1 Å². The lowest BCUT2D eigenvalue weighted by Crippen LogP contribution is -2.33. The molecule has 0 bridgehead atoms. The summed E-state index contributed by atoms with van der Waals surface area (Å²) in [6.45, 7) is 3.89. The maximum Gasteiger partial charge on any atom is 0.305 e. The van der Waals surface area contributed by atoms with Gasteiger partial charge in [0.05, 0.1) is 7.11 Å². The summed E-state index contributed by atoms with van der Waals surface area (Å²) in [5.41, 5.74) is 1.40. The monoisotopic (exact) mass is 246 g/mol. The summed E-state index contributed by atoms with van der Waals surface area (Å²) in [7, 11) is 1.38. The van der Waals surface area contributed by atoms with Crippen molar-refractivity contribution in [3.05, 3.63) is 35.4 Å². The number of hydrogen-bond donors (Lipinski definition) is 0. The molecule has 0 radical (unpaired) electrons. The fourth-order valence-electron chi connectivity index (χ4n) is 2.64. The van der Waals surface area contributed by atoms with Gasteiger partial charge < -0.3 is 4.74 Å². The number of methoxy groups -OCH3 is 1. The van der Waals surface area contributed by atoms with Crippen LogP contribution in [0, 0.1) is 11.3 Å². The lowest BCUT2D eigenvalue weighted by atomic mass is 9.73. The Morgan fingerprint density at radius 2 is 2.11 bits per heavy atom. The molecule has 96 valence electrons. The van der Waals surface area contributed by atoms with Crippen molar-refractivity contribution in [3.8, 4) is 0 Å². The fourth-order valence-corrected chi connectivity index (χ4v) is 2.64. The Bertz CT molecular complexity index is 492. The van der Waals surface area contributed by atoms with Gasteiger partial charge >= 0.3 is 5.97 Å². The average Bonchev–Trinajstić information content (AvgIpc) is 2.63. The molecule has 0 amide bonds. The second kappa shape index (κ2) is 4.56. The molecular weight excluding hydrogens is 228 g/mol. The van der Waals surface area contributed by atoms with Gasteiger partial charge in [-0.05, 0) is 17.9 Å². The molecule has 0 aromatic heterocycles. The highest BCUT2D eigenvalue weighted by molar-refractivity contribution is 6.05. The van der Waals surface area contributed by atoms with E-state index < -0.39 is 5.41 Å². The van der Waals surface area contributed by atoms with Crippen LogP contribution in [0.4, 0.5) is 0 Å². The summed E-state index contributed by atoms with van der Waals surface area (Å²) in [6.07, 6.45) is 0.993. The van der Waals surface area contributed by atoms with Gasteiger partial charge in [-0.15, -0.1) is 0 Å². The minimum atomic E-state index is -0.488. The van der Waals surface area contributed by atoms with E-state index in [1.165, 1.54) is 7.11 Å². The van der Waals surface area contributed by atoms with Gasteiger partial charge in [0.2, 0.25) is 0 Å². The number of rotatable bonds is 3. The predicted octanol–water partition coefficient (Wildman–Crippen LogP) is 2.63. The molecule has 1 aromatic carbocycles. The summed E-state index contributed by atoms with van der Waals surface area (Å²) < 4.78 is 4.69. The van der Waals surface area contributed by atoms with Crippen LogP contribution in [0.25, 0.3) is 0 Å². The summed E-state index contributed by atoms with van der Waals surface area (Å²) in [6, 6.07) is 7.69. The van der Waals surface area contributed by atoms with Crippen molar-refractivity contribution in [1.82, 2.24) is 0 Å². The highest BCUT2D eigenvalue weighted by Crippen LogP contribution is 2.43. The van der Waals surface area contributed by atoms with E-state index in [4.69, 9.17) is 0 Å². The number of carbonyl (C=O) groups excluding carboxylic acids is 2. The molecule has 0 fully saturated rings. The summed E-state index contributed by atoms with van der Waals surface area (Å²) in [5, 5.41) is 0. The molecule has 18 heavy (non-hydrogen) atoms. The lowest BCUT2D eigenvalue weighted by Gasteiger charge is -2.28. The highest BCUT2D eigenvalue weighted by Gasteiger charge is 2.45. The zero-order valence-corrected chi connectivity index (χ0v) is 11.0. The second-order valence-corrected chi connectivity index (χ2v) is 5.26. The van der Waals surface area contributed by atoms with Crippen molar-refractivity contribution in [2.24, 2.45) is 11.3 Å². The Kier molecular flexibility index (Phi) is 3.24. The fraction of sp³-hybridized carbons (Fsp3) is 0.467. The van der Waals surface area contributed by atoms with Crippen LogP contribution in [0.2, 0.25) is 0 Å². The van der Waals surface area contributed by atoms with Crippen molar-refractivity contribution < 1.29 is 14.3 Å². The third-order valence-electron chi connectivity index (χ3n) is 4.13. The number of ketones is 1. The van der Waals surface area contributed by atoms with E-state index in [0.29, 0.717) is 6.42 Å². The first-order valence-electron chi connectivity index (χ1n) is 6.18. The molecule has 0 N–H and O–H groups in total. The second-order valence-electron chi connectivity index (χ2n) is 5.26. The molecule has 3 nitrogen and oxygen atoms in total. The van der Waals surface area contributed by atoms with Gasteiger partial charge in [-0.2, -0.15) is 0 Å². The molecule has 2 atom stereocenters. The Morgan fingerprint density at radius 3 is 2.72 bits per heavy atom. The quantitative estimate of drug-likeness (QED) is 0.770. The largest absolute Gasteiger partial charge is 0.469 e. The summed E-state index contributed by atoms with van der Waals surface area (Å²) >= 11 is 0. The molecule has 3 heteroatoms. The van der Waals surface area contributed by atoms with Crippen LogP contribution in [0.5, 0.6) is 0 Å². The first-order valence-corrected chi connectivity index (χ1v) is 6.18. The SMILES string of the molecule is COC(=O)CC(C)C1(C)Cc2ccccc2C1=O. The number of carbonyl (C=O) groups is 2. The lowest BCUT2D eigenvalue weighted by molar-refractivity contribution is -0.142. The van der Waals surface area contributed by atoms with Crippen molar-refractivity contribution >= 4 is 11.8 Å². The Balaban J connectivity index is 2.25. The molecule has 1 aliphatic rings. The normalized spacial score (nSPS) is 23.6. The molecule has 1 aromatic rings. The van der Waals surface area contributed by atoms with Gasteiger partial charge in [0.1, 0.15) is 0 Å². The number of esters is 1. The van der Waals surface area contributed by atoms with Crippen LogP contribution in [-0.4, -0.2) is 18.9 Å². The van der Waals surface area contributed by atoms with Crippen LogP contribution in [0.1, 0.15) is 36.2 Å². The molecule has 0 spiro atoms. The number of fused-ring (bicyclic) bond motifs is 1. The van der Waals surface area contributed by atoms with Crippen LogP contribution in [0.15, 0.2) is 24.3 Å². The van der Waals surface area contributed by atoms with E-state index in [1.54, 1.807) is 0 Å². The maximum absolute atomic E-state index is 12.5. The van der Waals surface area contributed by atoms with Gasteiger partial charge in [-0.25, -0.2) is 0 Å². The molecular formula is C15H18O3. The number of ether oxygens (including phenoxy) is 1. The smallest absolute Gasteiger partial charge is 0.305 e. The standard InChI is InChI=1S/C15H18O3/c1-10(8-13(16)18-3)15(2)9-11-6-4-5-7-12(11)14(15)17/h4-7,10H,8-9H2,1-3H3. The molecule has 2 unspecified atom stereocenters. The summed E-state index contributed by atoms with van der Waals surface area (Å²) in [5.74, 6) is -0.133. The van der Waals surface area contributed by atoms with E-state index in [9.17, 15) is 9.59 Å². The third-order valence-corrected chi connectivity index (χ3v) is 4.13. The molecule has 0 heterocycles. The van der Waals surface area contributed by atoms with Gasteiger partial charge in [-0.3, -0.25) is 9.59 Å². The van der Waals surface area contributed by atoms with Crippen LogP contribution >= 0.6 is 0 Å². The molecule has 1 aliphatic carbocycles. The van der Waals surface area contributed by atoms with Crippen LogP contribution in [0.3, 0.4) is 0 Å². The summed E-state index contributed by atoms with van der Waals surface area (Å²) in [4.78, 5) is 23.8. The first-order chi connectivity index (χ1) is 8.49. The molecule has 0 saturated carbocycles. The van der Waals surface area contributed by atoms with E-state index >= 15 is 0 Å². The highest BCUT2D eigenvalue weighted by atomic mass is 16.5. The van der Waals surface area contributed by atoms with Gasteiger partial charge in [0, 0.05) is 17.4 Å². The minimum absolute atomic E-state index is 0.0233. The maximum atomic E-state index is 12.5. The minimum Gasteiger partial charge on any atom is -0.469 e. The molecule has 0 aliphatic heterocycles. The predicted molar refractivity (Wildman–Crippen MR) is 68.4 cm³/mol. The third kappa shape index (κ3) is 1.94. The topological polar surface area (TPSA) is 43.4 Å². The molecule has 0 saturated heterocycles. The van der Waals surface area contributed by atoms with Gasteiger partial charge in [-0.1, -0.05) is 38.1 Å². The van der Waals surface area contributed by atoms with Crippen molar-refractivity contribution in [1.29, 1.82) is 0 Å². The number of benzene rings is 1. The van der Waals surface area contributed by atoms with Crippen molar-refractivity contribution in [3.63, 3.8) is 0 Å². The van der Waals surface area contributed by atoms with Crippen molar-refractivity contribution in [2.45, 2.75) is 26.7 Å². The molecule has 2 rings (SSSR count). The van der Waals surface area contributed by atoms with E-state index in [2.05, 4.69) is 4.74 Å². The number of Topliss-reactive ketones (excluding diaryl/α,β-unsaturated/α-hetero) is 1. The zero-order chi connectivity index (χ0) is 13.3. The Morgan fingerprint density at radius 1 is 1.44 bits per heavy atom. The van der Waals surface area contributed by atoms with E-state index in [1.807, 2.05) is 38.1 Å². The van der Waals surface area contributed by atoms with E-state index in [-0.39, 0.29) is 24.1 Å². The Labute approximate surface area is 107 Å². The van der Waals surface area contributed by atoms with Crippen LogP contribution in [-0.2, 0) is 16.0 Å². The Hall–Kier alpha value is -1.64. The van der Waals surface area contributed by atoms with Crippen LogP contribution < -0.4 is 0 Å². The van der Waals surface area contributed by atoms with Gasteiger partial charge in [0.15, 0.2) is 5.78 Å². The first kappa shape index (κ1) is 12.8.